The second kappa shape index (κ2) is 4.59. The molecule has 0 radical (unpaired) electrons. The number of benzene rings is 1. The molecule has 8 heteroatoms. The molecule has 2 heterocycles. The number of nitrogens with one attached hydrogen (secondary N) is 2. The van der Waals surface area contributed by atoms with Crippen molar-refractivity contribution in [3.05, 3.63) is 34.9 Å². The summed E-state index contributed by atoms with van der Waals surface area (Å²) in [6.45, 7) is 0. The molecule has 1 atom stereocenters. The van der Waals surface area contributed by atoms with E-state index in [1.54, 1.807) is 19.2 Å². The van der Waals surface area contributed by atoms with E-state index in [9.17, 15) is 4.79 Å². The summed E-state index contributed by atoms with van der Waals surface area (Å²) in [6.07, 6.45) is 1.40. The Morgan fingerprint density at radius 2 is 2.35 bits per heavy atom. The van der Waals surface area contributed by atoms with E-state index in [0.29, 0.717) is 16.4 Å². The molecule has 2 N–H and O–H groups in total. The zero-order valence-corrected chi connectivity index (χ0v) is 11.1. The normalized spacial score (nSPS) is 16.6. The van der Waals surface area contributed by atoms with Gasteiger partial charge in [0.25, 0.3) is 5.82 Å². The molecule has 1 aliphatic rings. The number of rotatable bonds is 2. The standard InChI is InChI=1S/C12H9ClN6O/c1-15-11-6-2-7(13)9(3-8(6)17-12(11)20)19-5-16-10(4-14)18-19/h2-3,5,11,15H,1H3,(H,17,20). The molecule has 2 aromatic rings. The van der Waals surface area contributed by atoms with Gasteiger partial charge in [-0.1, -0.05) is 11.6 Å². The second-order valence-corrected chi connectivity index (χ2v) is 4.63. The van der Waals surface area contributed by atoms with E-state index >= 15 is 0 Å². The van der Waals surface area contributed by atoms with Crippen molar-refractivity contribution >= 4 is 23.2 Å². The molecule has 3 rings (SSSR count). The van der Waals surface area contributed by atoms with Crippen molar-refractivity contribution in [2.45, 2.75) is 6.04 Å². The number of aromatic nitrogens is 3. The van der Waals surface area contributed by atoms with Gasteiger partial charge < -0.3 is 10.6 Å². The van der Waals surface area contributed by atoms with Crippen LogP contribution in [-0.2, 0) is 4.79 Å². The first-order valence-electron chi connectivity index (χ1n) is 5.77. The monoisotopic (exact) mass is 288 g/mol. The number of likely N-dealkylation sites (N-methyl/N-ethyl adjacent to an activating group) is 1. The van der Waals surface area contributed by atoms with Crippen LogP contribution in [0.5, 0.6) is 0 Å². The average molecular weight is 289 g/mol. The maximum absolute atomic E-state index is 11.8. The van der Waals surface area contributed by atoms with Crippen LogP contribution in [0.1, 0.15) is 17.4 Å². The lowest BCUT2D eigenvalue weighted by Gasteiger charge is -2.09. The molecule has 1 aliphatic heterocycles. The van der Waals surface area contributed by atoms with Gasteiger partial charge in [0.2, 0.25) is 5.91 Å². The van der Waals surface area contributed by atoms with Gasteiger partial charge in [0, 0.05) is 11.3 Å². The maximum Gasteiger partial charge on any atom is 0.252 e. The van der Waals surface area contributed by atoms with E-state index in [0.717, 1.165) is 5.56 Å². The van der Waals surface area contributed by atoms with Crippen molar-refractivity contribution in [3.63, 3.8) is 0 Å². The molecule has 1 aromatic heterocycles. The van der Waals surface area contributed by atoms with Crippen LogP contribution in [0.2, 0.25) is 5.02 Å². The predicted molar refractivity (Wildman–Crippen MR) is 71.5 cm³/mol. The fraction of sp³-hybridized carbons (Fsp3) is 0.167. The third kappa shape index (κ3) is 1.82. The van der Waals surface area contributed by atoms with Gasteiger partial charge in [-0.2, -0.15) is 5.26 Å². The van der Waals surface area contributed by atoms with Crippen molar-refractivity contribution in [3.8, 4) is 11.8 Å². The van der Waals surface area contributed by atoms with Gasteiger partial charge in [-0.15, -0.1) is 5.10 Å². The van der Waals surface area contributed by atoms with E-state index in [1.807, 2.05) is 6.07 Å². The molecule has 20 heavy (non-hydrogen) atoms. The van der Waals surface area contributed by atoms with Crippen molar-refractivity contribution < 1.29 is 4.79 Å². The third-order valence-electron chi connectivity index (χ3n) is 3.08. The first-order valence-corrected chi connectivity index (χ1v) is 6.15. The molecular formula is C12H9ClN6O. The first-order chi connectivity index (χ1) is 9.63. The van der Waals surface area contributed by atoms with Crippen molar-refractivity contribution in [1.29, 1.82) is 5.26 Å². The number of hydrogen-bond donors (Lipinski definition) is 2. The van der Waals surface area contributed by atoms with Gasteiger partial charge in [-0.25, -0.2) is 9.67 Å². The van der Waals surface area contributed by atoms with E-state index < -0.39 is 6.04 Å². The summed E-state index contributed by atoms with van der Waals surface area (Å²) in [4.78, 5) is 15.6. The lowest BCUT2D eigenvalue weighted by Crippen LogP contribution is -2.23. The van der Waals surface area contributed by atoms with Gasteiger partial charge in [-0.3, -0.25) is 4.79 Å². The Labute approximate surface area is 119 Å². The Hall–Kier alpha value is -2.43. The van der Waals surface area contributed by atoms with Crippen LogP contribution in [0.25, 0.3) is 5.69 Å². The van der Waals surface area contributed by atoms with Gasteiger partial charge in [-0.05, 0) is 19.2 Å². The summed E-state index contributed by atoms with van der Waals surface area (Å²) in [5, 5.41) is 18.8. The third-order valence-corrected chi connectivity index (χ3v) is 3.38. The molecule has 1 amide bonds. The number of anilines is 1. The molecule has 0 spiro atoms. The zero-order chi connectivity index (χ0) is 14.3. The number of nitrogens with zero attached hydrogens (tertiary/aromatic N) is 4. The molecule has 0 fully saturated rings. The SMILES string of the molecule is CNC1C(=O)Nc2cc(-n3cnc(C#N)n3)c(Cl)cc21. The van der Waals surface area contributed by atoms with Gasteiger partial charge in [0.1, 0.15) is 18.4 Å². The molecular weight excluding hydrogens is 280 g/mol. The summed E-state index contributed by atoms with van der Waals surface area (Å²) < 4.78 is 1.40. The Kier molecular flexibility index (Phi) is 2.89. The number of nitriles is 1. The lowest BCUT2D eigenvalue weighted by molar-refractivity contribution is -0.117. The second-order valence-electron chi connectivity index (χ2n) is 4.23. The van der Waals surface area contributed by atoms with Gasteiger partial charge in [0.15, 0.2) is 0 Å². The number of amides is 1. The van der Waals surface area contributed by atoms with Crippen LogP contribution in [0.15, 0.2) is 18.5 Å². The molecule has 0 saturated heterocycles. The van der Waals surface area contributed by atoms with Crippen molar-refractivity contribution in [1.82, 2.24) is 20.1 Å². The van der Waals surface area contributed by atoms with Crippen LogP contribution in [0, 0.1) is 11.3 Å². The molecule has 7 nitrogen and oxygen atoms in total. The lowest BCUT2D eigenvalue weighted by atomic mass is 10.1. The van der Waals surface area contributed by atoms with Gasteiger partial charge in [0.05, 0.1) is 10.7 Å². The maximum atomic E-state index is 11.8. The smallest absolute Gasteiger partial charge is 0.252 e. The summed E-state index contributed by atoms with van der Waals surface area (Å²) in [5.74, 6) is -0.0780. The van der Waals surface area contributed by atoms with E-state index in [4.69, 9.17) is 16.9 Å². The van der Waals surface area contributed by atoms with Gasteiger partial charge >= 0.3 is 0 Å². The average Bonchev–Trinajstić information content (AvgIpc) is 3.01. The van der Waals surface area contributed by atoms with E-state index in [2.05, 4.69) is 20.7 Å². The predicted octanol–water partition coefficient (Wildman–Crippen LogP) is 1.00. The molecule has 1 aromatic carbocycles. The van der Waals surface area contributed by atoms with Crippen LogP contribution in [-0.4, -0.2) is 27.7 Å². The van der Waals surface area contributed by atoms with Crippen molar-refractivity contribution in [2.24, 2.45) is 0 Å². The quantitative estimate of drug-likeness (QED) is 0.859. The largest absolute Gasteiger partial charge is 0.324 e. The Morgan fingerprint density at radius 1 is 1.55 bits per heavy atom. The molecule has 0 bridgehead atoms. The number of fused-ring (bicyclic) bond motifs is 1. The summed E-state index contributed by atoms with van der Waals surface area (Å²) in [6, 6.07) is 4.85. The van der Waals surface area contributed by atoms with Crippen LogP contribution < -0.4 is 10.6 Å². The minimum Gasteiger partial charge on any atom is -0.324 e. The number of carbonyl (C=O) groups excluding carboxylic acids is 1. The fourth-order valence-electron chi connectivity index (χ4n) is 2.16. The summed E-state index contributed by atoms with van der Waals surface area (Å²) in [7, 11) is 1.71. The number of hydrogen-bond acceptors (Lipinski definition) is 5. The Morgan fingerprint density at radius 3 is 3.00 bits per heavy atom. The highest BCUT2D eigenvalue weighted by atomic mass is 35.5. The Bertz CT molecular complexity index is 747. The fourth-order valence-corrected chi connectivity index (χ4v) is 2.42. The van der Waals surface area contributed by atoms with E-state index in [1.165, 1.54) is 11.0 Å². The highest BCUT2D eigenvalue weighted by molar-refractivity contribution is 6.32. The van der Waals surface area contributed by atoms with Crippen LogP contribution >= 0.6 is 11.6 Å². The highest BCUT2D eigenvalue weighted by Crippen LogP contribution is 2.36. The number of halogens is 1. The minimum absolute atomic E-state index is 0.0544. The van der Waals surface area contributed by atoms with Crippen molar-refractivity contribution in [2.75, 3.05) is 12.4 Å². The molecule has 0 aliphatic carbocycles. The number of carbonyl (C=O) groups is 1. The minimum atomic E-state index is -0.415. The molecule has 1 unspecified atom stereocenters. The van der Waals surface area contributed by atoms with E-state index in [-0.39, 0.29) is 11.7 Å². The Balaban J connectivity index is 2.10. The van der Waals surface area contributed by atoms with Crippen LogP contribution in [0.3, 0.4) is 0 Å². The zero-order valence-electron chi connectivity index (χ0n) is 10.4. The topological polar surface area (TPSA) is 95.6 Å². The molecule has 100 valence electrons. The summed E-state index contributed by atoms with van der Waals surface area (Å²) in [5.41, 5.74) is 2.01. The summed E-state index contributed by atoms with van der Waals surface area (Å²) >= 11 is 6.23. The molecule has 0 saturated carbocycles. The van der Waals surface area contributed by atoms with Crippen LogP contribution in [0.4, 0.5) is 5.69 Å². The first kappa shape index (κ1) is 12.6. The highest BCUT2D eigenvalue weighted by Gasteiger charge is 2.30.